The molecule has 1 N–H and O–H groups in total. The number of benzene rings is 1. The summed E-state index contributed by atoms with van der Waals surface area (Å²) in [5.74, 6) is 1.90. The van der Waals surface area contributed by atoms with Crippen molar-refractivity contribution in [1.82, 2.24) is 5.32 Å². The monoisotopic (exact) mass is 299 g/mol. The average Bonchev–Trinajstić information content (AvgIpc) is 2.45. The molecule has 0 aliphatic heterocycles. The van der Waals surface area contributed by atoms with Crippen LogP contribution in [0.15, 0.2) is 12.1 Å². The molecule has 0 saturated heterocycles. The van der Waals surface area contributed by atoms with Crippen LogP contribution in [0.3, 0.4) is 0 Å². The second-order valence-corrected chi connectivity index (χ2v) is 5.44. The van der Waals surface area contributed by atoms with Crippen molar-refractivity contribution in [1.29, 1.82) is 0 Å². The lowest BCUT2D eigenvalue weighted by Gasteiger charge is -2.26. The summed E-state index contributed by atoms with van der Waals surface area (Å²) in [6, 6.07) is 4.05. The highest BCUT2D eigenvalue weighted by atomic mass is 35.5. The van der Waals surface area contributed by atoms with E-state index in [4.69, 9.17) is 21.1 Å². The lowest BCUT2D eigenvalue weighted by Crippen LogP contribution is -2.27. The summed E-state index contributed by atoms with van der Waals surface area (Å²) in [6.07, 6.45) is 2.32. The normalized spacial score (nSPS) is 13.9. The van der Waals surface area contributed by atoms with Crippen LogP contribution >= 0.6 is 11.6 Å². The Morgan fingerprint density at radius 1 is 1.15 bits per heavy atom. The molecule has 0 aromatic heterocycles. The van der Waals surface area contributed by atoms with Crippen molar-refractivity contribution in [3.8, 4) is 11.5 Å². The third-order valence-corrected chi connectivity index (χ3v) is 3.90. The van der Waals surface area contributed by atoms with Crippen molar-refractivity contribution in [3.05, 3.63) is 22.7 Å². The van der Waals surface area contributed by atoms with Gasteiger partial charge in [0, 0.05) is 17.1 Å². The minimum Gasteiger partial charge on any atom is -0.493 e. The van der Waals surface area contributed by atoms with Crippen molar-refractivity contribution < 1.29 is 9.47 Å². The molecular weight excluding hydrogens is 274 g/mol. The average molecular weight is 300 g/mol. The summed E-state index contributed by atoms with van der Waals surface area (Å²) in [7, 11) is 3.27. The Morgan fingerprint density at radius 3 is 2.25 bits per heavy atom. The van der Waals surface area contributed by atoms with Crippen LogP contribution in [-0.4, -0.2) is 20.8 Å². The molecule has 1 aromatic rings. The second-order valence-electron chi connectivity index (χ2n) is 5.03. The van der Waals surface area contributed by atoms with Crippen LogP contribution in [0.4, 0.5) is 0 Å². The highest BCUT2D eigenvalue weighted by molar-refractivity contribution is 6.31. The summed E-state index contributed by atoms with van der Waals surface area (Å²) in [4.78, 5) is 0. The molecule has 0 amide bonds. The molecule has 114 valence electrons. The number of ether oxygens (including phenoxy) is 2. The van der Waals surface area contributed by atoms with Crippen LogP contribution in [0.25, 0.3) is 0 Å². The standard InChI is InChI=1S/C16H26ClNO2/c1-6-8-11(3)16(18-7-2)12-9-14(19-4)15(20-5)10-13(12)17/h9-11,16,18H,6-8H2,1-5H3. The largest absolute Gasteiger partial charge is 0.493 e. The first-order chi connectivity index (χ1) is 9.58. The van der Waals surface area contributed by atoms with Gasteiger partial charge in [0.15, 0.2) is 11.5 Å². The van der Waals surface area contributed by atoms with Crippen LogP contribution in [0.2, 0.25) is 5.02 Å². The van der Waals surface area contributed by atoms with E-state index in [1.807, 2.05) is 12.1 Å². The molecule has 0 aliphatic rings. The van der Waals surface area contributed by atoms with E-state index in [9.17, 15) is 0 Å². The Kier molecular flexibility index (Phi) is 7.17. The van der Waals surface area contributed by atoms with Crippen molar-refractivity contribution in [2.24, 2.45) is 5.92 Å². The predicted octanol–water partition coefficient (Wildman–Crippen LogP) is 4.44. The van der Waals surface area contributed by atoms with E-state index in [-0.39, 0.29) is 6.04 Å². The lowest BCUT2D eigenvalue weighted by atomic mass is 9.90. The fourth-order valence-corrected chi connectivity index (χ4v) is 2.84. The number of hydrogen-bond donors (Lipinski definition) is 1. The van der Waals surface area contributed by atoms with Gasteiger partial charge in [-0.15, -0.1) is 0 Å². The Morgan fingerprint density at radius 2 is 1.75 bits per heavy atom. The number of hydrogen-bond acceptors (Lipinski definition) is 3. The van der Waals surface area contributed by atoms with Gasteiger partial charge in [-0.2, -0.15) is 0 Å². The Bertz CT molecular complexity index is 423. The van der Waals surface area contributed by atoms with E-state index in [1.54, 1.807) is 14.2 Å². The molecule has 0 saturated carbocycles. The number of rotatable bonds is 8. The lowest BCUT2D eigenvalue weighted by molar-refractivity contribution is 0.347. The Hall–Kier alpha value is -0.930. The molecule has 0 heterocycles. The smallest absolute Gasteiger partial charge is 0.162 e. The summed E-state index contributed by atoms with van der Waals surface area (Å²) in [5, 5.41) is 4.25. The maximum absolute atomic E-state index is 6.44. The van der Waals surface area contributed by atoms with Gasteiger partial charge in [0.2, 0.25) is 0 Å². The van der Waals surface area contributed by atoms with Crippen molar-refractivity contribution in [2.75, 3.05) is 20.8 Å². The van der Waals surface area contributed by atoms with Gasteiger partial charge in [-0.25, -0.2) is 0 Å². The highest BCUT2D eigenvalue weighted by Crippen LogP contribution is 2.38. The van der Waals surface area contributed by atoms with Crippen LogP contribution in [0.1, 0.15) is 45.2 Å². The minimum absolute atomic E-state index is 0.229. The van der Waals surface area contributed by atoms with E-state index in [1.165, 1.54) is 0 Å². The molecular formula is C16H26ClNO2. The van der Waals surface area contributed by atoms with E-state index in [2.05, 4.69) is 26.1 Å². The zero-order valence-electron chi connectivity index (χ0n) is 13.1. The van der Waals surface area contributed by atoms with Crippen LogP contribution in [0, 0.1) is 5.92 Å². The molecule has 20 heavy (non-hydrogen) atoms. The van der Waals surface area contributed by atoms with Gasteiger partial charge < -0.3 is 14.8 Å². The van der Waals surface area contributed by atoms with Crippen LogP contribution in [-0.2, 0) is 0 Å². The summed E-state index contributed by atoms with van der Waals surface area (Å²) in [5.41, 5.74) is 1.08. The zero-order chi connectivity index (χ0) is 15.1. The summed E-state index contributed by atoms with van der Waals surface area (Å²) in [6.45, 7) is 7.48. The van der Waals surface area contributed by atoms with Gasteiger partial charge in [-0.05, 0) is 30.5 Å². The van der Waals surface area contributed by atoms with Crippen LogP contribution in [0.5, 0.6) is 11.5 Å². The number of halogens is 1. The molecule has 2 unspecified atom stereocenters. The Labute approximate surface area is 127 Å². The van der Waals surface area contributed by atoms with E-state index in [0.717, 1.165) is 35.7 Å². The SMILES string of the molecule is CCCC(C)C(NCC)c1cc(OC)c(OC)cc1Cl. The molecule has 0 aliphatic carbocycles. The molecule has 0 fully saturated rings. The summed E-state index contributed by atoms with van der Waals surface area (Å²) < 4.78 is 10.7. The molecule has 2 atom stereocenters. The molecule has 0 radical (unpaired) electrons. The van der Waals surface area contributed by atoms with E-state index < -0.39 is 0 Å². The van der Waals surface area contributed by atoms with Crippen molar-refractivity contribution in [2.45, 2.75) is 39.7 Å². The maximum atomic E-state index is 6.44. The number of nitrogens with one attached hydrogen (secondary N) is 1. The second kappa shape index (κ2) is 8.38. The number of methoxy groups -OCH3 is 2. The maximum Gasteiger partial charge on any atom is 0.162 e. The molecule has 3 nitrogen and oxygen atoms in total. The quantitative estimate of drug-likeness (QED) is 0.769. The van der Waals surface area contributed by atoms with Gasteiger partial charge in [-0.3, -0.25) is 0 Å². The molecule has 0 spiro atoms. The minimum atomic E-state index is 0.229. The van der Waals surface area contributed by atoms with Gasteiger partial charge in [0.1, 0.15) is 0 Å². The molecule has 1 aromatic carbocycles. The first kappa shape index (κ1) is 17.1. The predicted molar refractivity (Wildman–Crippen MR) is 85.0 cm³/mol. The topological polar surface area (TPSA) is 30.5 Å². The Balaban J connectivity index is 3.18. The third kappa shape index (κ3) is 4.03. The van der Waals surface area contributed by atoms with Crippen molar-refractivity contribution >= 4 is 11.6 Å². The van der Waals surface area contributed by atoms with Crippen LogP contribution < -0.4 is 14.8 Å². The molecule has 1 rings (SSSR count). The molecule has 0 bridgehead atoms. The molecule has 4 heteroatoms. The fourth-order valence-electron chi connectivity index (χ4n) is 2.57. The fraction of sp³-hybridized carbons (Fsp3) is 0.625. The van der Waals surface area contributed by atoms with Crippen molar-refractivity contribution in [3.63, 3.8) is 0 Å². The van der Waals surface area contributed by atoms with Gasteiger partial charge in [0.05, 0.1) is 14.2 Å². The highest BCUT2D eigenvalue weighted by Gasteiger charge is 2.22. The van der Waals surface area contributed by atoms with Gasteiger partial charge in [-0.1, -0.05) is 38.8 Å². The van der Waals surface area contributed by atoms with Gasteiger partial charge in [0.25, 0.3) is 0 Å². The zero-order valence-corrected chi connectivity index (χ0v) is 13.9. The summed E-state index contributed by atoms with van der Waals surface area (Å²) >= 11 is 6.44. The van der Waals surface area contributed by atoms with Gasteiger partial charge >= 0.3 is 0 Å². The van der Waals surface area contributed by atoms with E-state index in [0.29, 0.717) is 11.7 Å². The van der Waals surface area contributed by atoms with E-state index >= 15 is 0 Å². The third-order valence-electron chi connectivity index (χ3n) is 3.58. The first-order valence-electron chi connectivity index (χ1n) is 7.23. The first-order valence-corrected chi connectivity index (χ1v) is 7.61.